The molecule has 0 bridgehead atoms. The molecular formula is C17H24N4OS. The molecule has 0 heterocycles. The standard InChI is InChI=1S/C17H24N4OS/c18-17(23)21-20-15(13-7-3-1-4-8-13)11-12-16(22)19-14-9-5-2-6-10-14/h1,3-4,7-8,14H,2,5-6,9-12H2,(H,19,22)(H3,18,21,23). The first-order valence-corrected chi connectivity index (χ1v) is 8.53. The van der Waals surface area contributed by atoms with Crippen LogP contribution in [0.15, 0.2) is 35.4 Å². The van der Waals surface area contributed by atoms with Crippen molar-refractivity contribution in [3.05, 3.63) is 35.9 Å². The zero-order valence-electron chi connectivity index (χ0n) is 13.3. The van der Waals surface area contributed by atoms with Crippen LogP contribution in [-0.2, 0) is 4.79 Å². The maximum atomic E-state index is 12.1. The number of hydrazone groups is 1. The zero-order chi connectivity index (χ0) is 16.5. The SMILES string of the molecule is NC(=S)NN=C(CCC(=O)NC1CCCCC1)c1ccccc1. The van der Waals surface area contributed by atoms with E-state index in [-0.39, 0.29) is 11.0 Å². The molecule has 6 heteroatoms. The van der Waals surface area contributed by atoms with Gasteiger partial charge in [0.05, 0.1) is 5.71 Å². The highest BCUT2D eigenvalue weighted by atomic mass is 32.1. The Kier molecular flexibility index (Phi) is 7.00. The number of hydrogen-bond donors (Lipinski definition) is 3. The van der Waals surface area contributed by atoms with Crippen LogP contribution >= 0.6 is 12.2 Å². The minimum atomic E-state index is 0.0795. The van der Waals surface area contributed by atoms with E-state index in [9.17, 15) is 4.79 Å². The number of carbonyl (C=O) groups excluding carboxylic acids is 1. The van der Waals surface area contributed by atoms with E-state index in [1.165, 1.54) is 19.3 Å². The second-order valence-corrected chi connectivity index (χ2v) is 6.24. The second kappa shape index (κ2) is 9.25. The van der Waals surface area contributed by atoms with Crippen molar-refractivity contribution in [2.45, 2.75) is 51.0 Å². The molecule has 0 unspecified atom stereocenters. The number of hydrogen-bond acceptors (Lipinski definition) is 3. The highest BCUT2D eigenvalue weighted by molar-refractivity contribution is 7.80. The number of carbonyl (C=O) groups is 1. The number of amides is 1. The summed E-state index contributed by atoms with van der Waals surface area (Å²) in [6.07, 6.45) is 6.82. The first-order valence-electron chi connectivity index (χ1n) is 8.12. The fourth-order valence-electron chi connectivity index (χ4n) is 2.80. The number of nitrogens with two attached hydrogens (primary N) is 1. The average molecular weight is 332 g/mol. The van der Waals surface area contributed by atoms with Crippen LogP contribution in [0.3, 0.4) is 0 Å². The fraction of sp³-hybridized carbons (Fsp3) is 0.471. The quantitative estimate of drug-likeness (QED) is 0.425. The van der Waals surface area contributed by atoms with Gasteiger partial charge in [-0.25, -0.2) is 0 Å². The lowest BCUT2D eigenvalue weighted by Gasteiger charge is -2.22. The van der Waals surface area contributed by atoms with Crippen LogP contribution in [0.2, 0.25) is 0 Å². The van der Waals surface area contributed by atoms with Crippen molar-refractivity contribution in [1.29, 1.82) is 0 Å². The Hall–Kier alpha value is -1.95. The molecule has 1 aromatic rings. The van der Waals surface area contributed by atoms with Gasteiger partial charge in [0, 0.05) is 18.9 Å². The first-order chi connectivity index (χ1) is 11.1. The van der Waals surface area contributed by atoms with Gasteiger partial charge in [-0.15, -0.1) is 0 Å². The van der Waals surface area contributed by atoms with Crippen molar-refractivity contribution < 1.29 is 4.79 Å². The molecule has 1 aliphatic carbocycles. The third-order valence-electron chi connectivity index (χ3n) is 3.97. The Morgan fingerprint density at radius 3 is 2.52 bits per heavy atom. The predicted octanol–water partition coefficient (Wildman–Crippen LogP) is 2.45. The molecule has 0 spiro atoms. The van der Waals surface area contributed by atoms with Gasteiger partial charge < -0.3 is 11.1 Å². The highest BCUT2D eigenvalue weighted by Crippen LogP contribution is 2.17. The minimum absolute atomic E-state index is 0.0795. The van der Waals surface area contributed by atoms with Crippen molar-refractivity contribution in [3.63, 3.8) is 0 Å². The van der Waals surface area contributed by atoms with Gasteiger partial charge in [0.25, 0.3) is 0 Å². The van der Waals surface area contributed by atoms with Crippen molar-refractivity contribution >= 4 is 28.9 Å². The van der Waals surface area contributed by atoms with E-state index in [0.717, 1.165) is 24.1 Å². The van der Waals surface area contributed by atoms with E-state index in [1.54, 1.807) is 0 Å². The van der Waals surface area contributed by atoms with E-state index < -0.39 is 0 Å². The molecule has 0 radical (unpaired) electrons. The molecule has 1 fully saturated rings. The van der Waals surface area contributed by atoms with Gasteiger partial charge >= 0.3 is 0 Å². The van der Waals surface area contributed by atoms with Crippen molar-refractivity contribution in [3.8, 4) is 0 Å². The summed E-state index contributed by atoms with van der Waals surface area (Å²) in [4.78, 5) is 12.1. The minimum Gasteiger partial charge on any atom is -0.375 e. The largest absolute Gasteiger partial charge is 0.375 e. The molecule has 23 heavy (non-hydrogen) atoms. The summed E-state index contributed by atoms with van der Waals surface area (Å²) in [5.74, 6) is 0.0795. The van der Waals surface area contributed by atoms with Crippen LogP contribution in [0.1, 0.15) is 50.5 Å². The lowest BCUT2D eigenvalue weighted by Crippen LogP contribution is -2.36. The zero-order valence-corrected chi connectivity index (χ0v) is 14.1. The first kappa shape index (κ1) is 17.4. The Morgan fingerprint density at radius 1 is 1.17 bits per heavy atom. The van der Waals surface area contributed by atoms with Crippen LogP contribution in [0, 0.1) is 0 Å². The summed E-state index contributed by atoms with van der Waals surface area (Å²) >= 11 is 4.79. The van der Waals surface area contributed by atoms with Crippen molar-refractivity contribution in [2.75, 3.05) is 0 Å². The molecule has 5 nitrogen and oxygen atoms in total. The van der Waals surface area contributed by atoms with Crippen molar-refractivity contribution in [2.24, 2.45) is 10.8 Å². The fourth-order valence-corrected chi connectivity index (χ4v) is 2.84. The maximum Gasteiger partial charge on any atom is 0.220 e. The van der Waals surface area contributed by atoms with Gasteiger partial charge in [0.1, 0.15) is 0 Å². The second-order valence-electron chi connectivity index (χ2n) is 5.80. The Labute approximate surface area is 142 Å². The molecule has 1 aromatic carbocycles. The van der Waals surface area contributed by atoms with Gasteiger partial charge in [-0.1, -0.05) is 49.6 Å². The molecule has 1 amide bonds. The van der Waals surface area contributed by atoms with Gasteiger partial charge in [0.2, 0.25) is 5.91 Å². The lowest BCUT2D eigenvalue weighted by molar-refractivity contribution is -0.121. The molecule has 4 N–H and O–H groups in total. The van der Waals surface area contributed by atoms with Gasteiger partial charge in [-0.2, -0.15) is 5.10 Å². The third-order valence-corrected chi connectivity index (χ3v) is 4.06. The normalized spacial score (nSPS) is 15.9. The topological polar surface area (TPSA) is 79.5 Å². The summed E-state index contributed by atoms with van der Waals surface area (Å²) in [6, 6.07) is 10.1. The van der Waals surface area contributed by atoms with Gasteiger partial charge in [-0.3, -0.25) is 10.2 Å². The monoisotopic (exact) mass is 332 g/mol. The molecule has 0 saturated heterocycles. The lowest BCUT2D eigenvalue weighted by atomic mass is 9.95. The molecule has 124 valence electrons. The van der Waals surface area contributed by atoms with E-state index >= 15 is 0 Å². The predicted molar refractivity (Wildman–Crippen MR) is 97.1 cm³/mol. The molecule has 0 atom stereocenters. The summed E-state index contributed by atoms with van der Waals surface area (Å²) in [5.41, 5.74) is 9.78. The molecule has 1 saturated carbocycles. The van der Waals surface area contributed by atoms with Crippen LogP contribution in [-0.4, -0.2) is 22.8 Å². The number of rotatable bonds is 6. The number of nitrogens with one attached hydrogen (secondary N) is 2. The molecule has 1 aliphatic rings. The summed E-state index contributed by atoms with van der Waals surface area (Å²) in [6.45, 7) is 0. The van der Waals surface area contributed by atoms with Crippen LogP contribution in [0.5, 0.6) is 0 Å². The summed E-state index contributed by atoms with van der Waals surface area (Å²) in [5, 5.41) is 7.47. The van der Waals surface area contributed by atoms with Gasteiger partial charge in [-0.05, 0) is 30.6 Å². The van der Waals surface area contributed by atoms with E-state index in [1.807, 2.05) is 30.3 Å². The summed E-state index contributed by atoms with van der Waals surface area (Å²) < 4.78 is 0. The Balaban J connectivity index is 1.91. The number of thiocarbonyl (C=S) groups is 1. The average Bonchev–Trinajstić information content (AvgIpc) is 2.56. The Bertz CT molecular complexity index is 553. The van der Waals surface area contributed by atoms with Crippen LogP contribution in [0.4, 0.5) is 0 Å². The smallest absolute Gasteiger partial charge is 0.220 e. The van der Waals surface area contributed by atoms with Crippen LogP contribution < -0.4 is 16.5 Å². The van der Waals surface area contributed by atoms with E-state index in [0.29, 0.717) is 18.9 Å². The van der Waals surface area contributed by atoms with E-state index in [2.05, 4.69) is 15.8 Å². The highest BCUT2D eigenvalue weighted by Gasteiger charge is 2.16. The molecule has 0 aromatic heterocycles. The number of nitrogens with zero attached hydrogens (tertiary/aromatic N) is 1. The molecular weight excluding hydrogens is 308 g/mol. The van der Waals surface area contributed by atoms with Crippen LogP contribution in [0.25, 0.3) is 0 Å². The van der Waals surface area contributed by atoms with E-state index in [4.69, 9.17) is 18.0 Å². The Morgan fingerprint density at radius 2 is 1.87 bits per heavy atom. The van der Waals surface area contributed by atoms with Gasteiger partial charge in [0.15, 0.2) is 5.11 Å². The number of benzene rings is 1. The molecule has 0 aliphatic heterocycles. The molecule has 2 rings (SSSR count). The third kappa shape index (κ3) is 6.36. The van der Waals surface area contributed by atoms with Crippen molar-refractivity contribution in [1.82, 2.24) is 10.7 Å². The maximum absolute atomic E-state index is 12.1. The summed E-state index contributed by atoms with van der Waals surface area (Å²) in [7, 11) is 0.